The topological polar surface area (TPSA) is 79.4 Å². The average Bonchev–Trinajstić information content (AvgIpc) is 3.23. The fraction of sp³-hybridized carbons (Fsp3) is 0.167. The molecule has 0 fully saturated rings. The summed E-state index contributed by atoms with van der Waals surface area (Å²) in [5.41, 5.74) is 2.70. The number of aromatic nitrogens is 1. The second-order valence-electron chi connectivity index (χ2n) is 7.61. The molecule has 32 heavy (non-hydrogen) atoms. The van der Waals surface area contributed by atoms with Crippen molar-refractivity contribution in [3.8, 4) is 0 Å². The number of fused-ring (bicyclic) bond motifs is 1. The molecule has 0 aliphatic carbocycles. The van der Waals surface area contributed by atoms with E-state index in [1.165, 1.54) is 12.1 Å². The number of hydrogen-bond donors (Lipinski definition) is 1. The Morgan fingerprint density at radius 1 is 1.03 bits per heavy atom. The van der Waals surface area contributed by atoms with Crippen LogP contribution in [0.15, 0.2) is 77.7 Å². The molecule has 0 aliphatic heterocycles. The van der Waals surface area contributed by atoms with E-state index in [1.807, 2.05) is 50.2 Å². The maximum absolute atomic E-state index is 13.1. The molecule has 0 saturated heterocycles. The lowest BCUT2D eigenvalue weighted by molar-refractivity contribution is 0.0742. The van der Waals surface area contributed by atoms with E-state index in [-0.39, 0.29) is 16.8 Å². The quantitative estimate of drug-likeness (QED) is 0.422. The molecule has 1 amide bonds. The Morgan fingerprint density at radius 3 is 2.47 bits per heavy atom. The molecule has 164 valence electrons. The number of benzene rings is 3. The number of aryl methyl sites for hydroxylation is 1. The van der Waals surface area contributed by atoms with Crippen molar-refractivity contribution in [1.29, 1.82) is 0 Å². The van der Waals surface area contributed by atoms with Gasteiger partial charge in [-0.25, -0.2) is 13.4 Å². The van der Waals surface area contributed by atoms with Crippen molar-refractivity contribution in [2.45, 2.75) is 24.8 Å². The van der Waals surface area contributed by atoms with Gasteiger partial charge >= 0.3 is 0 Å². The van der Waals surface area contributed by atoms with Crippen LogP contribution in [0.1, 0.15) is 33.9 Å². The maximum Gasteiger partial charge on any atom is 0.261 e. The summed E-state index contributed by atoms with van der Waals surface area (Å²) in [7, 11) is -2.13. The van der Waals surface area contributed by atoms with Gasteiger partial charge in [0.1, 0.15) is 5.01 Å². The van der Waals surface area contributed by atoms with Crippen LogP contribution in [0.25, 0.3) is 10.2 Å². The van der Waals surface area contributed by atoms with Crippen molar-refractivity contribution in [3.63, 3.8) is 0 Å². The molecule has 8 heteroatoms. The van der Waals surface area contributed by atoms with Gasteiger partial charge in [-0.05, 0) is 56.3 Å². The Morgan fingerprint density at radius 2 is 1.75 bits per heavy atom. The van der Waals surface area contributed by atoms with Crippen molar-refractivity contribution in [2.75, 3.05) is 11.8 Å². The summed E-state index contributed by atoms with van der Waals surface area (Å²) in [6.45, 7) is 3.84. The smallest absolute Gasteiger partial charge is 0.261 e. The molecule has 1 N–H and O–H groups in total. The predicted octanol–water partition coefficient (Wildman–Crippen LogP) is 5.24. The van der Waals surface area contributed by atoms with Crippen LogP contribution in [-0.2, 0) is 10.0 Å². The first kappa shape index (κ1) is 22.0. The van der Waals surface area contributed by atoms with Crippen molar-refractivity contribution < 1.29 is 13.2 Å². The molecule has 0 saturated carbocycles. The van der Waals surface area contributed by atoms with Crippen LogP contribution in [0.2, 0.25) is 0 Å². The lowest BCUT2D eigenvalue weighted by Crippen LogP contribution is -2.29. The minimum absolute atomic E-state index is 0.0324. The Balaban J connectivity index is 1.56. The number of carbonyl (C=O) groups excluding carboxylic acids is 1. The first-order chi connectivity index (χ1) is 15.2. The molecule has 4 aromatic rings. The minimum Gasteiger partial charge on any atom is -0.333 e. The number of carbonyl (C=O) groups is 1. The van der Waals surface area contributed by atoms with Crippen LogP contribution < -0.4 is 4.72 Å². The number of hydrogen-bond acceptors (Lipinski definition) is 5. The third-order valence-corrected chi connectivity index (χ3v) is 7.85. The van der Waals surface area contributed by atoms with Crippen molar-refractivity contribution in [1.82, 2.24) is 9.88 Å². The van der Waals surface area contributed by atoms with Gasteiger partial charge in [-0.1, -0.05) is 35.9 Å². The second-order valence-corrected chi connectivity index (χ2v) is 10.4. The summed E-state index contributed by atoms with van der Waals surface area (Å²) < 4.78 is 29.3. The normalized spacial score (nSPS) is 12.5. The van der Waals surface area contributed by atoms with Crippen LogP contribution in [0.5, 0.6) is 0 Å². The number of sulfonamides is 1. The number of nitrogens with zero attached hydrogens (tertiary/aromatic N) is 2. The van der Waals surface area contributed by atoms with Gasteiger partial charge in [0.15, 0.2) is 0 Å². The van der Waals surface area contributed by atoms with Crippen LogP contribution in [0, 0.1) is 6.92 Å². The van der Waals surface area contributed by atoms with Gasteiger partial charge < -0.3 is 4.90 Å². The number of thiazole rings is 1. The molecule has 0 spiro atoms. The van der Waals surface area contributed by atoms with Gasteiger partial charge in [0.25, 0.3) is 15.9 Å². The molecule has 1 unspecified atom stereocenters. The Hall–Kier alpha value is -3.23. The van der Waals surface area contributed by atoms with E-state index in [4.69, 9.17) is 0 Å². The van der Waals surface area contributed by atoms with Gasteiger partial charge in [-0.15, -0.1) is 11.3 Å². The first-order valence-electron chi connectivity index (χ1n) is 10.1. The highest BCUT2D eigenvalue weighted by molar-refractivity contribution is 7.92. The van der Waals surface area contributed by atoms with Gasteiger partial charge in [0, 0.05) is 18.3 Å². The molecular formula is C24H23N3O3S2. The minimum atomic E-state index is -3.83. The molecular weight excluding hydrogens is 442 g/mol. The van der Waals surface area contributed by atoms with Gasteiger partial charge in [-0.2, -0.15) is 0 Å². The molecule has 1 heterocycles. The van der Waals surface area contributed by atoms with Crippen molar-refractivity contribution >= 4 is 43.2 Å². The third-order valence-electron chi connectivity index (χ3n) is 5.26. The lowest BCUT2D eigenvalue weighted by atomic mass is 10.2. The van der Waals surface area contributed by atoms with E-state index in [2.05, 4.69) is 9.71 Å². The van der Waals surface area contributed by atoms with Crippen LogP contribution in [0.3, 0.4) is 0 Å². The second kappa shape index (κ2) is 8.72. The monoisotopic (exact) mass is 465 g/mol. The number of para-hydroxylation sites is 1. The zero-order chi connectivity index (χ0) is 22.9. The molecule has 4 rings (SSSR count). The summed E-state index contributed by atoms with van der Waals surface area (Å²) >= 11 is 1.55. The maximum atomic E-state index is 13.1. The Labute approximate surface area is 191 Å². The summed E-state index contributed by atoms with van der Waals surface area (Å²) in [4.78, 5) is 19.4. The molecule has 3 aromatic carbocycles. The highest BCUT2D eigenvalue weighted by atomic mass is 32.2. The Bertz CT molecular complexity index is 1350. The predicted molar refractivity (Wildman–Crippen MR) is 129 cm³/mol. The highest BCUT2D eigenvalue weighted by Crippen LogP contribution is 2.29. The molecule has 1 aromatic heterocycles. The SMILES string of the molecule is Cc1ccc(NS(=O)(=O)c2cccc(C(=O)N(C)C(C)c3nc4ccccc4s3)c2)cc1. The molecule has 1 atom stereocenters. The van der Waals surface area contributed by atoms with Crippen LogP contribution >= 0.6 is 11.3 Å². The van der Waals surface area contributed by atoms with E-state index < -0.39 is 10.0 Å². The number of nitrogens with one attached hydrogen (secondary N) is 1. The third kappa shape index (κ3) is 4.51. The first-order valence-corrected chi connectivity index (χ1v) is 12.4. The summed E-state index contributed by atoms with van der Waals surface area (Å²) in [5, 5.41) is 0.826. The fourth-order valence-corrected chi connectivity index (χ4v) is 5.41. The van der Waals surface area contributed by atoms with Crippen LogP contribution in [0.4, 0.5) is 5.69 Å². The molecule has 6 nitrogen and oxygen atoms in total. The molecule has 0 radical (unpaired) electrons. The van der Waals surface area contributed by atoms with Crippen molar-refractivity contribution in [2.24, 2.45) is 0 Å². The van der Waals surface area contributed by atoms with Gasteiger partial charge in [-0.3, -0.25) is 9.52 Å². The standard InChI is InChI=1S/C24H23N3O3S2/c1-16-11-13-19(14-12-16)26-32(29,30)20-8-6-7-18(15-20)24(28)27(3)17(2)23-25-21-9-4-5-10-22(21)31-23/h4-15,17,26H,1-3H3. The summed E-state index contributed by atoms with van der Waals surface area (Å²) in [6.07, 6.45) is 0. The fourth-order valence-electron chi connectivity index (χ4n) is 3.25. The number of rotatable bonds is 6. The number of anilines is 1. The zero-order valence-corrected chi connectivity index (χ0v) is 19.6. The van der Waals surface area contributed by atoms with Crippen LogP contribution in [-0.4, -0.2) is 31.3 Å². The average molecular weight is 466 g/mol. The lowest BCUT2D eigenvalue weighted by Gasteiger charge is -2.23. The van der Waals surface area contributed by atoms with Gasteiger partial charge in [0.2, 0.25) is 0 Å². The molecule has 0 aliphatic rings. The van der Waals surface area contributed by atoms with E-state index in [1.54, 1.807) is 47.5 Å². The zero-order valence-electron chi connectivity index (χ0n) is 17.9. The summed E-state index contributed by atoms with van der Waals surface area (Å²) in [6, 6.07) is 20.7. The van der Waals surface area contributed by atoms with E-state index in [9.17, 15) is 13.2 Å². The number of amides is 1. The largest absolute Gasteiger partial charge is 0.333 e. The molecule has 0 bridgehead atoms. The van der Waals surface area contributed by atoms with E-state index in [0.717, 1.165) is 20.8 Å². The van der Waals surface area contributed by atoms with Crippen molar-refractivity contribution in [3.05, 3.63) is 88.9 Å². The van der Waals surface area contributed by atoms with E-state index in [0.29, 0.717) is 11.3 Å². The van der Waals surface area contributed by atoms with E-state index >= 15 is 0 Å². The van der Waals surface area contributed by atoms with Gasteiger partial charge in [0.05, 0.1) is 21.2 Å². The highest BCUT2D eigenvalue weighted by Gasteiger charge is 2.23. The Kier molecular flexibility index (Phi) is 5.99. The summed E-state index contributed by atoms with van der Waals surface area (Å²) in [5.74, 6) is -0.274.